The molecule has 0 aliphatic carbocycles. The van der Waals surface area contributed by atoms with E-state index in [1.807, 2.05) is 11.0 Å². The third-order valence-electron chi connectivity index (χ3n) is 3.04. The van der Waals surface area contributed by atoms with Gasteiger partial charge in [0.1, 0.15) is 5.15 Å². The molecule has 2 rings (SSSR count). The molecule has 2 heterocycles. The van der Waals surface area contributed by atoms with E-state index in [0.717, 1.165) is 31.6 Å². The number of hydrogen-bond donors (Lipinski definition) is 1. The molecule has 1 N–H and O–H groups in total. The molecule has 1 aliphatic rings. The van der Waals surface area contributed by atoms with Crippen molar-refractivity contribution < 1.29 is 4.79 Å². The van der Waals surface area contributed by atoms with E-state index in [1.54, 1.807) is 19.2 Å². The van der Waals surface area contributed by atoms with Gasteiger partial charge in [-0.1, -0.05) is 11.6 Å². The molecule has 17 heavy (non-hydrogen) atoms. The van der Waals surface area contributed by atoms with Crippen LogP contribution in [-0.2, 0) is 4.79 Å². The van der Waals surface area contributed by atoms with Crippen LogP contribution in [0.3, 0.4) is 0 Å². The van der Waals surface area contributed by atoms with Crippen molar-refractivity contribution in [3.05, 3.63) is 23.5 Å². The molecule has 1 aromatic heterocycles. The van der Waals surface area contributed by atoms with Crippen molar-refractivity contribution in [2.75, 3.05) is 18.4 Å². The zero-order valence-corrected chi connectivity index (χ0v) is 10.6. The molecule has 1 amide bonds. The second kappa shape index (κ2) is 5.36. The van der Waals surface area contributed by atoms with Crippen molar-refractivity contribution in [3.8, 4) is 0 Å². The highest BCUT2D eigenvalue weighted by molar-refractivity contribution is 6.29. The number of nitrogens with zero attached hydrogens (tertiary/aromatic N) is 2. The number of likely N-dealkylation sites (tertiary alicyclic amines) is 1. The number of halogens is 1. The molecule has 0 saturated carbocycles. The Morgan fingerprint density at radius 2 is 2.18 bits per heavy atom. The van der Waals surface area contributed by atoms with Crippen molar-refractivity contribution in [1.82, 2.24) is 9.88 Å². The highest BCUT2D eigenvalue weighted by Crippen LogP contribution is 2.17. The Balaban J connectivity index is 1.85. The lowest BCUT2D eigenvalue weighted by Gasteiger charge is -2.32. The van der Waals surface area contributed by atoms with Crippen molar-refractivity contribution in [1.29, 1.82) is 0 Å². The molecule has 0 aromatic carbocycles. The summed E-state index contributed by atoms with van der Waals surface area (Å²) in [5.74, 6) is 0.164. The minimum atomic E-state index is 0.164. The van der Waals surface area contributed by atoms with Crippen molar-refractivity contribution in [2.45, 2.75) is 25.8 Å². The number of rotatable bonds is 2. The van der Waals surface area contributed by atoms with Gasteiger partial charge in [0.25, 0.3) is 0 Å². The van der Waals surface area contributed by atoms with Gasteiger partial charge in [-0.2, -0.15) is 0 Å². The number of aromatic nitrogens is 1. The molecule has 0 radical (unpaired) electrons. The number of hydrogen-bond acceptors (Lipinski definition) is 3. The van der Waals surface area contributed by atoms with Crippen molar-refractivity contribution >= 4 is 23.2 Å². The third kappa shape index (κ3) is 3.33. The minimum Gasteiger partial charge on any atom is -0.381 e. The maximum atomic E-state index is 11.2. The van der Waals surface area contributed by atoms with Crippen LogP contribution in [0.25, 0.3) is 0 Å². The number of nitrogens with one attached hydrogen (secondary N) is 1. The van der Waals surface area contributed by atoms with E-state index in [2.05, 4.69) is 10.3 Å². The molecule has 0 atom stereocenters. The average molecular weight is 254 g/mol. The average Bonchev–Trinajstić information content (AvgIpc) is 2.33. The third-order valence-corrected chi connectivity index (χ3v) is 3.26. The Kier molecular flexibility index (Phi) is 3.84. The lowest BCUT2D eigenvalue weighted by atomic mass is 10.0. The number of piperidine rings is 1. The molecule has 0 spiro atoms. The predicted octanol–water partition coefficient (Wildman–Crippen LogP) is 2.16. The zero-order valence-electron chi connectivity index (χ0n) is 9.82. The second-order valence-electron chi connectivity index (χ2n) is 4.29. The highest BCUT2D eigenvalue weighted by atomic mass is 35.5. The van der Waals surface area contributed by atoms with Crippen LogP contribution in [0.5, 0.6) is 0 Å². The Morgan fingerprint density at radius 3 is 2.71 bits per heavy atom. The number of carbonyl (C=O) groups is 1. The summed E-state index contributed by atoms with van der Waals surface area (Å²) in [6.45, 7) is 3.28. The maximum Gasteiger partial charge on any atom is 0.219 e. The zero-order chi connectivity index (χ0) is 12.3. The highest BCUT2D eigenvalue weighted by Gasteiger charge is 2.20. The second-order valence-corrected chi connectivity index (χ2v) is 4.68. The van der Waals surface area contributed by atoms with Gasteiger partial charge in [0, 0.05) is 26.1 Å². The van der Waals surface area contributed by atoms with E-state index in [0.29, 0.717) is 11.2 Å². The molecule has 1 fully saturated rings. The van der Waals surface area contributed by atoms with Crippen LogP contribution in [0, 0.1) is 0 Å². The Morgan fingerprint density at radius 1 is 1.47 bits per heavy atom. The molecular weight excluding hydrogens is 238 g/mol. The number of carbonyl (C=O) groups excluding carboxylic acids is 1. The Labute approximate surface area is 106 Å². The molecule has 4 nitrogen and oxygen atoms in total. The molecule has 1 aromatic rings. The summed E-state index contributed by atoms with van der Waals surface area (Å²) in [5.41, 5.74) is 0.982. The summed E-state index contributed by atoms with van der Waals surface area (Å²) in [5, 5.41) is 3.91. The fourth-order valence-electron chi connectivity index (χ4n) is 2.04. The normalized spacial score (nSPS) is 16.9. The molecule has 1 aliphatic heterocycles. The lowest BCUT2D eigenvalue weighted by molar-refractivity contribution is -0.129. The van der Waals surface area contributed by atoms with E-state index >= 15 is 0 Å². The van der Waals surface area contributed by atoms with Crippen LogP contribution < -0.4 is 5.32 Å². The van der Waals surface area contributed by atoms with E-state index < -0.39 is 0 Å². The summed E-state index contributed by atoms with van der Waals surface area (Å²) >= 11 is 5.73. The van der Waals surface area contributed by atoms with Gasteiger partial charge in [-0.3, -0.25) is 4.79 Å². The summed E-state index contributed by atoms with van der Waals surface area (Å²) in [6.07, 6.45) is 3.68. The van der Waals surface area contributed by atoms with Gasteiger partial charge in [-0.15, -0.1) is 0 Å². The van der Waals surface area contributed by atoms with Crippen LogP contribution in [-0.4, -0.2) is 34.9 Å². The topological polar surface area (TPSA) is 45.2 Å². The van der Waals surface area contributed by atoms with Crippen LogP contribution in [0.4, 0.5) is 5.69 Å². The fourth-order valence-corrected chi connectivity index (χ4v) is 2.15. The van der Waals surface area contributed by atoms with Crippen LogP contribution in [0.2, 0.25) is 5.15 Å². The lowest BCUT2D eigenvalue weighted by Crippen LogP contribution is -2.41. The monoisotopic (exact) mass is 253 g/mol. The SMILES string of the molecule is CC(=O)N1CCC(Nc2ccc(Cl)nc2)CC1. The van der Waals surface area contributed by atoms with Gasteiger partial charge in [0.05, 0.1) is 11.9 Å². The Bertz CT molecular complexity index is 385. The standard InChI is InChI=1S/C12H16ClN3O/c1-9(17)16-6-4-10(5-7-16)15-11-2-3-12(13)14-8-11/h2-3,8,10,15H,4-7H2,1H3. The molecule has 5 heteroatoms. The molecule has 0 unspecified atom stereocenters. The summed E-state index contributed by atoms with van der Waals surface area (Å²) in [6, 6.07) is 4.11. The summed E-state index contributed by atoms with van der Waals surface area (Å²) in [7, 11) is 0. The largest absolute Gasteiger partial charge is 0.381 e. The number of anilines is 1. The first-order valence-electron chi connectivity index (χ1n) is 5.79. The van der Waals surface area contributed by atoms with E-state index in [4.69, 9.17) is 11.6 Å². The van der Waals surface area contributed by atoms with Crippen molar-refractivity contribution in [3.63, 3.8) is 0 Å². The molecule has 1 saturated heterocycles. The summed E-state index contributed by atoms with van der Waals surface area (Å²) in [4.78, 5) is 17.1. The quantitative estimate of drug-likeness (QED) is 0.822. The smallest absolute Gasteiger partial charge is 0.219 e. The van der Waals surface area contributed by atoms with Crippen LogP contribution >= 0.6 is 11.6 Å². The number of pyridine rings is 1. The predicted molar refractivity (Wildman–Crippen MR) is 68.1 cm³/mol. The van der Waals surface area contributed by atoms with Crippen LogP contribution in [0.15, 0.2) is 18.3 Å². The van der Waals surface area contributed by atoms with Crippen LogP contribution in [0.1, 0.15) is 19.8 Å². The molecule has 0 bridgehead atoms. The van der Waals surface area contributed by atoms with Gasteiger partial charge in [-0.05, 0) is 25.0 Å². The Hall–Kier alpha value is -1.29. The molecule has 92 valence electrons. The van der Waals surface area contributed by atoms with Gasteiger partial charge < -0.3 is 10.2 Å². The van der Waals surface area contributed by atoms with Gasteiger partial charge in [-0.25, -0.2) is 4.98 Å². The minimum absolute atomic E-state index is 0.164. The fraction of sp³-hybridized carbons (Fsp3) is 0.500. The first-order valence-corrected chi connectivity index (χ1v) is 6.16. The first-order chi connectivity index (χ1) is 8.15. The summed E-state index contributed by atoms with van der Waals surface area (Å²) < 4.78 is 0. The van der Waals surface area contributed by atoms with E-state index in [9.17, 15) is 4.79 Å². The van der Waals surface area contributed by atoms with E-state index in [-0.39, 0.29) is 5.91 Å². The molecular formula is C12H16ClN3O. The van der Waals surface area contributed by atoms with Gasteiger partial charge in [0.15, 0.2) is 0 Å². The van der Waals surface area contributed by atoms with Crippen molar-refractivity contribution in [2.24, 2.45) is 0 Å². The first kappa shape index (κ1) is 12.2. The van der Waals surface area contributed by atoms with E-state index in [1.165, 1.54) is 0 Å². The number of amides is 1. The van der Waals surface area contributed by atoms with Gasteiger partial charge in [0.2, 0.25) is 5.91 Å². The van der Waals surface area contributed by atoms with Gasteiger partial charge >= 0.3 is 0 Å². The maximum absolute atomic E-state index is 11.2.